The fourth-order valence-corrected chi connectivity index (χ4v) is 2.87. The maximum absolute atomic E-state index is 13.0. The Labute approximate surface area is 140 Å². The van der Waals surface area contributed by atoms with Gasteiger partial charge in [-0.15, -0.1) is 0 Å². The smallest absolute Gasteiger partial charge is 0.261 e. The van der Waals surface area contributed by atoms with Crippen LogP contribution in [0.1, 0.15) is 27.8 Å². The predicted molar refractivity (Wildman–Crippen MR) is 90.4 cm³/mol. The van der Waals surface area contributed by atoms with Gasteiger partial charge in [0.1, 0.15) is 11.4 Å². The zero-order valence-corrected chi connectivity index (χ0v) is 13.0. The fraction of sp³-hybridized carbons (Fsp3) is 0.100. The number of ether oxygens (including phenoxy) is 1. The first-order valence-electron chi connectivity index (χ1n) is 7.84. The number of para-hydroxylation sites is 1. The molecule has 2 aromatic carbocycles. The SMILES string of the molecule is O=C1c2ccccc2OC(c2ccccn2)N1Cc1ccccc1. The van der Waals surface area contributed by atoms with E-state index in [0.717, 1.165) is 11.3 Å². The molecule has 0 aliphatic carbocycles. The molecule has 0 radical (unpaired) electrons. The summed E-state index contributed by atoms with van der Waals surface area (Å²) in [5.41, 5.74) is 2.35. The van der Waals surface area contributed by atoms with E-state index < -0.39 is 6.23 Å². The highest BCUT2D eigenvalue weighted by Crippen LogP contribution is 2.35. The molecule has 2 heterocycles. The second-order valence-corrected chi connectivity index (χ2v) is 5.64. The van der Waals surface area contributed by atoms with Gasteiger partial charge in [-0.2, -0.15) is 0 Å². The Bertz CT molecular complexity index is 850. The Hall–Kier alpha value is -3.14. The van der Waals surface area contributed by atoms with Crippen molar-refractivity contribution in [2.45, 2.75) is 12.8 Å². The Balaban J connectivity index is 1.76. The van der Waals surface area contributed by atoms with E-state index in [1.165, 1.54) is 0 Å². The first kappa shape index (κ1) is 14.5. The van der Waals surface area contributed by atoms with E-state index in [2.05, 4.69) is 4.98 Å². The fourth-order valence-electron chi connectivity index (χ4n) is 2.87. The van der Waals surface area contributed by atoms with Crippen LogP contribution in [-0.2, 0) is 6.54 Å². The van der Waals surface area contributed by atoms with Gasteiger partial charge in [-0.05, 0) is 29.8 Å². The van der Waals surface area contributed by atoms with Crippen LogP contribution in [0.25, 0.3) is 0 Å². The molecule has 1 atom stereocenters. The van der Waals surface area contributed by atoms with Crippen molar-refractivity contribution in [1.29, 1.82) is 0 Å². The number of hydrogen-bond acceptors (Lipinski definition) is 3. The summed E-state index contributed by atoms with van der Waals surface area (Å²) in [5.74, 6) is 0.554. The molecule has 1 amide bonds. The normalized spacial score (nSPS) is 16.4. The minimum Gasteiger partial charge on any atom is -0.464 e. The zero-order valence-electron chi connectivity index (χ0n) is 13.0. The molecular weight excluding hydrogens is 300 g/mol. The van der Waals surface area contributed by atoms with Gasteiger partial charge in [-0.1, -0.05) is 48.5 Å². The summed E-state index contributed by atoms with van der Waals surface area (Å²) in [6.07, 6.45) is 1.18. The summed E-state index contributed by atoms with van der Waals surface area (Å²) in [5, 5.41) is 0. The second-order valence-electron chi connectivity index (χ2n) is 5.64. The van der Waals surface area contributed by atoms with Gasteiger partial charge < -0.3 is 4.74 Å². The van der Waals surface area contributed by atoms with Crippen LogP contribution in [0.4, 0.5) is 0 Å². The molecule has 1 aliphatic rings. The van der Waals surface area contributed by atoms with Crippen LogP contribution >= 0.6 is 0 Å². The number of amides is 1. The summed E-state index contributed by atoms with van der Waals surface area (Å²) in [7, 11) is 0. The molecule has 0 saturated carbocycles. The molecule has 4 heteroatoms. The molecule has 118 valence electrons. The molecule has 24 heavy (non-hydrogen) atoms. The summed E-state index contributed by atoms with van der Waals surface area (Å²) in [6.45, 7) is 0.468. The maximum atomic E-state index is 13.0. The molecule has 4 nitrogen and oxygen atoms in total. The Morgan fingerprint density at radius 1 is 0.917 bits per heavy atom. The number of benzene rings is 2. The van der Waals surface area contributed by atoms with Crippen molar-refractivity contribution >= 4 is 5.91 Å². The second kappa shape index (κ2) is 6.16. The molecule has 3 aromatic rings. The number of nitrogens with zero attached hydrogens (tertiary/aromatic N) is 2. The van der Waals surface area contributed by atoms with Gasteiger partial charge in [0.25, 0.3) is 5.91 Å². The highest BCUT2D eigenvalue weighted by molar-refractivity contribution is 5.98. The van der Waals surface area contributed by atoms with Crippen molar-refractivity contribution in [3.05, 3.63) is 95.8 Å². The van der Waals surface area contributed by atoms with Gasteiger partial charge >= 0.3 is 0 Å². The Morgan fingerprint density at radius 2 is 1.67 bits per heavy atom. The number of carbonyl (C=O) groups is 1. The van der Waals surface area contributed by atoms with E-state index in [9.17, 15) is 4.79 Å². The van der Waals surface area contributed by atoms with Crippen molar-refractivity contribution in [3.63, 3.8) is 0 Å². The van der Waals surface area contributed by atoms with E-state index in [4.69, 9.17) is 4.74 Å². The average molecular weight is 316 g/mol. The molecule has 0 saturated heterocycles. The number of pyridine rings is 1. The van der Waals surface area contributed by atoms with Gasteiger partial charge in [0.05, 0.1) is 5.56 Å². The molecule has 0 fully saturated rings. The van der Waals surface area contributed by atoms with Crippen molar-refractivity contribution in [2.75, 3.05) is 0 Å². The summed E-state index contributed by atoms with van der Waals surface area (Å²) in [6, 6.07) is 22.9. The Morgan fingerprint density at radius 3 is 2.46 bits per heavy atom. The Kier molecular flexibility index (Phi) is 3.71. The maximum Gasteiger partial charge on any atom is 0.261 e. The number of hydrogen-bond donors (Lipinski definition) is 0. The van der Waals surface area contributed by atoms with E-state index >= 15 is 0 Å². The third kappa shape index (κ3) is 2.63. The standard InChI is InChI=1S/C20H16N2O2/c23-19-16-10-4-5-12-18(16)24-20(17-11-6-7-13-21-17)22(19)14-15-8-2-1-3-9-15/h1-13,20H,14H2. The van der Waals surface area contributed by atoms with Gasteiger partial charge in [0.15, 0.2) is 0 Å². The largest absolute Gasteiger partial charge is 0.464 e. The average Bonchev–Trinajstić information content (AvgIpc) is 2.65. The topological polar surface area (TPSA) is 42.4 Å². The number of aromatic nitrogens is 1. The first-order chi connectivity index (χ1) is 11.8. The molecule has 0 spiro atoms. The molecule has 1 aromatic heterocycles. The van der Waals surface area contributed by atoms with Crippen LogP contribution in [-0.4, -0.2) is 15.8 Å². The number of fused-ring (bicyclic) bond motifs is 1. The van der Waals surface area contributed by atoms with Crippen LogP contribution in [0.15, 0.2) is 79.0 Å². The van der Waals surface area contributed by atoms with E-state index in [-0.39, 0.29) is 5.91 Å². The van der Waals surface area contributed by atoms with Gasteiger partial charge in [0, 0.05) is 12.7 Å². The molecule has 4 rings (SSSR count). The summed E-state index contributed by atoms with van der Waals surface area (Å²) in [4.78, 5) is 19.1. The van der Waals surface area contributed by atoms with Crippen molar-refractivity contribution < 1.29 is 9.53 Å². The molecule has 0 N–H and O–H groups in total. The summed E-state index contributed by atoms with van der Waals surface area (Å²) >= 11 is 0. The molecule has 1 aliphatic heterocycles. The van der Waals surface area contributed by atoms with E-state index in [0.29, 0.717) is 17.9 Å². The highest BCUT2D eigenvalue weighted by atomic mass is 16.5. The number of carbonyl (C=O) groups excluding carboxylic acids is 1. The van der Waals surface area contributed by atoms with Crippen molar-refractivity contribution in [1.82, 2.24) is 9.88 Å². The zero-order chi connectivity index (χ0) is 16.4. The van der Waals surface area contributed by atoms with Gasteiger partial charge in [-0.25, -0.2) is 0 Å². The lowest BCUT2D eigenvalue weighted by Gasteiger charge is -2.36. The number of rotatable bonds is 3. The lowest BCUT2D eigenvalue weighted by Crippen LogP contribution is -2.41. The van der Waals surface area contributed by atoms with Gasteiger partial charge in [0.2, 0.25) is 6.23 Å². The van der Waals surface area contributed by atoms with E-state index in [1.807, 2.05) is 66.7 Å². The first-order valence-corrected chi connectivity index (χ1v) is 7.84. The molecule has 0 bridgehead atoms. The minimum absolute atomic E-state index is 0.0450. The predicted octanol–water partition coefficient (Wildman–Crippen LogP) is 3.82. The molecular formula is C20H16N2O2. The van der Waals surface area contributed by atoms with Crippen LogP contribution in [0, 0.1) is 0 Å². The third-order valence-corrected chi connectivity index (χ3v) is 4.04. The van der Waals surface area contributed by atoms with Crippen LogP contribution < -0.4 is 4.74 Å². The van der Waals surface area contributed by atoms with Crippen molar-refractivity contribution in [3.8, 4) is 5.75 Å². The monoisotopic (exact) mass is 316 g/mol. The summed E-state index contributed by atoms with van der Waals surface area (Å²) < 4.78 is 6.12. The van der Waals surface area contributed by atoms with E-state index in [1.54, 1.807) is 17.2 Å². The molecule has 1 unspecified atom stereocenters. The highest BCUT2D eigenvalue weighted by Gasteiger charge is 2.35. The van der Waals surface area contributed by atoms with Crippen molar-refractivity contribution in [2.24, 2.45) is 0 Å². The van der Waals surface area contributed by atoms with Crippen LogP contribution in [0.3, 0.4) is 0 Å². The third-order valence-electron chi connectivity index (χ3n) is 4.04. The lowest BCUT2D eigenvalue weighted by molar-refractivity contribution is 0.00273. The lowest BCUT2D eigenvalue weighted by atomic mass is 10.1. The quantitative estimate of drug-likeness (QED) is 0.738. The minimum atomic E-state index is -0.534. The van der Waals surface area contributed by atoms with Crippen LogP contribution in [0.5, 0.6) is 5.75 Å². The van der Waals surface area contributed by atoms with Gasteiger partial charge in [-0.3, -0.25) is 14.7 Å². The van der Waals surface area contributed by atoms with Crippen LogP contribution in [0.2, 0.25) is 0 Å².